The molecule has 0 spiro atoms. The molecule has 8 nitrogen and oxygen atoms in total. The van der Waals surface area contributed by atoms with Crippen molar-refractivity contribution in [2.24, 2.45) is 0 Å². The Kier molecular flexibility index (Phi) is 8.09. The number of fused-ring (bicyclic) bond motifs is 1. The van der Waals surface area contributed by atoms with Crippen LogP contribution in [0.3, 0.4) is 0 Å². The van der Waals surface area contributed by atoms with Crippen molar-refractivity contribution in [2.45, 2.75) is 38.6 Å². The first-order valence-corrected chi connectivity index (χ1v) is 10.9. The monoisotopic (exact) mass is 430 g/mol. The number of rotatable bonds is 11. The first-order chi connectivity index (χ1) is 14.6. The first-order valence-electron chi connectivity index (χ1n) is 9.88. The van der Waals surface area contributed by atoms with Crippen LogP contribution in [-0.4, -0.2) is 40.7 Å². The third-order valence-corrected chi connectivity index (χ3v) is 5.69. The molecule has 0 aliphatic heterocycles. The van der Waals surface area contributed by atoms with Crippen LogP contribution in [0.4, 0.5) is 0 Å². The summed E-state index contributed by atoms with van der Waals surface area (Å²) in [5, 5.41) is 9.60. The van der Waals surface area contributed by atoms with E-state index in [4.69, 9.17) is 5.21 Å². The molecule has 3 aromatic rings. The zero-order valence-electron chi connectivity index (χ0n) is 16.6. The first kappa shape index (κ1) is 22.1. The van der Waals surface area contributed by atoms with Crippen molar-refractivity contribution in [3.8, 4) is 11.3 Å². The molecule has 4 N–H and O–H groups in total. The van der Waals surface area contributed by atoms with Gasteiger partial charge in [-0.15, -0.1) is 0 Å². The number of aromatic nitrogens is 2. The number of hydrogen-bond acceptors (Lipinski definition) is 4. The minimum atomic E-state index is -2.07. The summed E-state index contributed by atoms with van der Waals surface area (Å²) in [6, 6.07) is 12.0. The molecule has 1 amide bonds. The van der Waals surface area contributed by atoms with Crippen LogP contribution in [0.2, 0.25) is 0 Å². The van der Waals surface area contributed by atoms with E-state index >= 15 is 0 Å². The maximum atomic E-state index is 11.7. The standard InChI is InChI=1S/C21H26N4O4S/c26-21(24-27)5-3-1-2-4-12-25(30(28)29)15-16-6-9-19(23-14-16)18-8-7-17-10-11-22-20(17)13-18/h6-11,13-14,22,27H,1-5,12,15H2,(H,24,26)(H,28,29). The summed E-state index contributed by atoms with van der Waals surface area (Å²) in [6.07, 6.45) is 7.00. The van der Waals surface area contributed by atoms with Crippen LogP contribution in [0, 0.1) is 0 Å². The molecule has 0 saturated heterocycles. The Labute approximate surface area is 177 Å². The summed E-state index contributed by atoms with van der Waals surface area (Å²) >= 11 is -2.07. The van der Waals surface area contributed by atoms with Crippen LogP contribution >= 0.6 is 0 Å². The van der Waals surface area contributed by atoms with Crippen molar-refractivity contribution in [3.63, 3.8) is 0 Å². The number of carbonyl (C=O) groups excluding carboxylic acids is 1. The number of aromatic amines is 1. The number of pyridine rings is 1. The van der Waals surface area contributed by atoms with Crippen molar-refractivity contribution >= 4 is 28.1 Å². The van der Waals surface area contributed by atoms with E-state index in [9.17, 15) is 13.6 Å². The zero-order chi connectivity index (χ0) is 21.3. The molecule has 2 aromatic heterocycles. The lowest BCUT2D eigenvalue weighted by Crippen LogP contribution is -2.26. The fourth-order valence-electron chi connectivity index (χ4n) is 3.30. The molecule has 0 fully saturated rings. The number of carbonyl (C=O) groups is 1. The number of H-pyrrole nitrogens is 1. The SMILES string of the molecule is O=C(CCCCCCN(Cc1ccc(-c2ccc3cc[nH]c3c2)nc1)S(=O)O)NO. The molecule has 30 heavy (non-hydrogen) atoms. The minimum Gasteiger partial charge on any atom is -0.361 e. The predicted molar refractivity (Wildman–Crippen MR) is 116 cm³/mol. The van der Waals surface area contributed by atoms with Crippen LogP contribution in [0.5, 0.6) is 0 Å². The van der Waals surface area contributed by atoms with Gasteiger partial charge in [-0.1, -0.05) is 31.0 Å². The highest BCUT2D eigenvalue weighted by Gasteiger charge is 2.12. The van der Waals surface area contributed by atoms with E-state index in [2.05, 4.69) is 16.0 Å². The van der Waals surface area contributed by atoms with Crippen molar-refractivity contribution in [1.29, 1.82) is 0 Å². The third-order valence-electron chi connectivity index (χ3n) is 4.94. The molecule has 0 bridgehead atoms. The number of hydroxylamine groups is 1. The van der Waals surface area contributed by atoms with E-state index in [1.54, 1.807) is 11.7 Å². The van der Waals surface area contributed by atoms with Crippen LogP contribution in [0.15, 0.2) is 48.8 Å². The molecular formula is C21H26N4O4S. The number of nitrogens with zero attached hydrogens (tertiary/aromatic N) is 2. The largest absolute Gasteiger partial charge is 0.361 e. The quantitative estimate of drug-likeness (QED) is 0.160. The number of amides is 1. The molecule has 3 rings (SSSR count). The van der Waals surface area contributed by atoms with Crippen LogP contribution < -0.4 is 5.48 Å². The van der Waals surface area contributed by atoms with E-state index in [1.165, 1.54) is 4.31 Å². The summed E-state index contributed by atoms with van der Waals surface area (Å²) in [5.74, 6) is -0.392. The average molecular weight is 431 g/mol. The molecular weight excluding hydrogens is 404 g/mol. The number of hydrogen-bond donors (Lipinski definition) is 4. The lowest BCUT2D eigenvalue weighted by atomic mass is 10.1. The Morgan fingerprint density at radius 1 is 1.13 bits per heavy atom. The molecule has 2 heterocycles. The topological polar surface area (TPSA) is 119 Å². The van der Waals surface area contributed by atoms with E-state index < -0.39 is 17.2 Å². The summed E-state index contributed by atoms with van der Waals surface area (Å²) in [4.78, 5) is 18.7. The van der Waals surface area contributed by atoms with E-state index in [-0.39, 0.29) is 6.42 Å². The maximum absolute atomic E-state index is 11.7. The highest BCUT2D eigenvalue weighted by molar-refractivity contribution is 7.76. The molecule has 0 aliphatic rings. The smallest absolute Gasteiger partial charge is 0.243 e. The molecule has 1 aromatic carbocycles. The molecule has 1 atom stereocenters. The second kappa shape index (κ2) is 11.0. The van der Waals surface area contributed by atoms with E-state index in [0.29, 0.717) is 19.5 Å². The van der Waals surface area contributed by atoms with Gasteiger partial charge in [-0.3, -0.25) is 19.5 Å². The van der Waals surface area contributed by atoms with Crippen molar-refractivity contribution in [2.75, 3.05) is 6.54 Å². The highest BCUT2D eigenvalue weighted by atomic mass is 32.2. The molecule has 9 heteroatoms. The molecule has 0 radical (unpaired) electrons. The molecule has 160 valence electrons. The Morgan fingerprint density at radius 2 is 1.97 bits per heavy atom. The van der Waals surface area contributed by atoms with Gasteiger partial charge in [0, 0.05) is 43.0 Å². The Hall–Kier alpha value is -2.59. The van der Waals surface area contributed by atoms with Gasteiger partial charge in [-0.05, 0) is 42.0 Å². The van der Waals surface area contributed by atoms with Gasteiger partial charge in [0.05, 0.1) is 5.69 Å². The van der Waals surface area contributed by atoms with Gasteiger partial charge in [0.25, 0.3) is 0 Å². The molecule has 1 unspecified atom stereocenters. The second-order valence-corrected chi connectivity index (χ2v) is 8.10. The van der Waals surface area contributed by atoms with E-state index in [1.807, 2.05) is 36.5 Å². The summed E-state index contributed by atoms with van der Waals surface area (Å²) in [7, 11) is 0. The van der Waals surface area contributed by atoms with Crippen molar-refractivity contribution in [1.82, 2.24) is 19.8 Å². The van der Waals surface area contributed by atoms with Gasteiger partial charge >= 0.3 is 0 Å². The Bertz CT molecular complexity index is 990. The second-order valence-electron chi connectivity index (χ2n) is 7.12. The van der Waals surface area contributed by atoms with Crippen molar-refractivity contribution < 1.29 is 18.8 Å². The zero-order valence-corrected chi connectivity index (χ0v) is 17.4. The van der Waals surface area contributed by atoms with Crippen molar-refractivity contribution in [3.05, 3.63) is 54.4 Å². The minimum absolute atomic E-state index is 0.279. The summed E-state index contributed by atoms with van der Waals surface area (Å²) in [5.41, 5.74) is 5.38. The maximum Gasteiger partial charge on any atom is 0.243 e. The van der Waals surface area contributed by atoms with Gasteiger partial charge in [0.1, 0.15) is 0 Å². The average Bonchev–Trinajstić information content (AvgIpc) is 3.23. The Morgan fingerprint density at radius 3 is 2.70 bits per heavy atom. The lowest BCUT2D eigenvalue weighted by Gasteiger charge is -2.17. The van der Waals surface area contributed by atoms with Gasteiger partial charge in [0.2, 0.25) is 17.2 Å². The van der Waals surface area contributed by atoms with Crippen LogP contribution in [0.1, 0.15) is 37.7 Å². The van der Waals surface area contributed by atoms with Crippen LogP contribution in [0.25, 0.3) is 22.2 Å². The summed E-state index contributed by atoms with van der Waals surface area (Å²) in [6.45, 7) is 0.805. The number of nitrogens with one attached hydrogen (secondary N) is 2. The van der Waals surface area contributed by atoms with E-state index in [0.717, 1.165) is 47.0 Å². The third kappa shape index (κ3) is 6.20. The summed E-state index contributed by atoms with van der Waals surface area (Å²) < 4.78 is 22.7. The molecule has 0 aliphatic carbocycles. The van der Waals surface area contributed by atoms with Gasteiger partial charge in [-0.2, -0.15) is 4.31 Å². The number of unbranched alkanes of at least 4 members (excludes halogenated alkanes) is 3. The fraction of sp³-hybridized carbons (Fsp3) is 0.333. The molecule has 0 saturated carbocycles. The Balaban J connectivity index is 1.51. The van der Waals surface area contributed by atoms with Gasteiger partial charge in [-0.25, -0.2) is 9.69 Å². The van der Waals surface area contributed by atoms with Gasteiger partial charge in [0.15, 0.2) is 0 Å². The lowest BCUT2D eigenvalue weighted by molar-refractivity contribution is -0.129. The van der Waals surface area contributed by atoms with Gasteiger partial charge < -0.3 is 4.98 Å². The highest BCUT2D eigenvalue weighted by Crippen LogP contribution is 2.22. The number of benzene rings is 1. The fourth-order valence-corrected chi connectivity index (χ4v) is 3.84. The van der Waals surface area contributed by atoms with Crippen LogP contribution in [-0.2, 0) is 22.6 Å². The predicted octanol–water partition coefficient (Wildman–Crippen LogP) is 3.62. The normalized spacial score (nSPS) is 12.4.